The topological polar surface area (TPSA) is 67.7 Å². The monoisotopic (exact) mass is 480 g/mol. The molecule has 3 aromatic rings. The first-order valence-corrected chi connectivity index (χ1v) is 11.9. The Hall–Kier alpha value is -3.32. The first kappa shape index (κ1) is 23.8. The molecule has 1 atom stereocenters. The third-order valence-corrected chi connectivity index (χ3v) is 6.64. The van der Waals surface area contributed by atoms with Crippen LogP contribution >= 0.6 is 11.6 Å². The predicted octanol–water partition coefficient (Wildman–Crippen LogP) is 4.13. The number of benzene rings is 2. The quantitative estimate of drug-likeness (QED) is 0.508. The Bertz CT molecular complexity index is 1190. The van der Waals surface area contributed by atoms with Crippen LogP contribution in [0.1, 0.15) is 31.7 Å². The van der Waals surface area contributed by atoms with Gasteiger partial charge < -0.3 is 14.5 Å². The number of carbonyl (C=O) groups is 1. The molecule has 0 spiro atoms. The van der Waals surface area contributed by atoms with Gasteiger partial charge in [0.25, 0.3) is 11.5 Å². The van der Waals surface area contributed by atoms with E-state index < -0.39 is 0 Å². The number of anilines is 1. The zero-order valence-corrected chi connectivity index (χ0v) is 20.2. The molecule has 1 unspecified atom stereocenters. The van der Waals surface area contributed by atoms with E-state index in [9.17, 15) is 9.59 Å². The van der Waals surface area contributed by atoms with E-state index in [0.717, 1.165) is 17.7 Å². The van der Waals surface area contributed by atoms with Crippen molar-refractivity contribution in [3.63, 3.8) is 0 Å². The average Bonchev–Trinajstić information content (AvgIpc) is 2.89. The van der Waals surface area contributed by atoms with E-state index in [1.807, 2.05) is 41.3 Å². The second kappa shape index (κ2) is 10.7. The molecule has 0 aliphatic carbocycles. The number of nitrogens with zero attached hydrogens (tertiary/aromatic N) is 4. The Labute approximate surface area is 204 Å². The Balaban J connectivity index is 1.37. The molecule has 1 aliphatic rings. The lowest BCUT2D eigenvalue weighted by Gasteiger charge is -2.36. The van der Waals surface area contributed by atoms with Crippen molar-refractivity contribution in [2.45, 2.75) is 26.2 Å². The third-order valence-electron chi connectivity index (χ3n) is 6.29. The van der Waals surface area contributed by atoms with E-state index in [2.05, 4.69) is 25.0 Å². The van der Waals surface area contributed by atoms with E-state index >= 15 is 0 Å². The third kappa shape index (κ3) is 5.09. The molecule has 1 fully saturated rings. The van der Waals surface area contributed by atoms with E-state index in [0.29, 0.717) is 43.5 Å². The zero-order chi connectivity index (χ0) is 24.1. The van der Waals surface area contributed by atoms with Gasteiger partial charge in [-0.05, 0) is 36.1 Å². The summed E-state index contributed by atoms with van der Waals surface area (Å²) in [6.45, 7) is 6.46. The molecule has 178 valence electrons. The highest BCUT2D eigenvalue weighted by atomic mass is 35.5. The number of amides is 1. The standard InChI is InChI=1S/C26H29ClN4O3/c1-3-19(2)21-11-7-8-12-23(21)34-18-24(32)30-15-13-29(14-16-30)22-17-28-31(26(33)25(22)27)20-9-5-4-6-10-20/h4-12,17,19H,3,13-16,18H2,1-2H3. The van der Waals surface area contributed by atoms with E-state index in [-0.39, 0.29) is 23.1 Å². The van der Waals surface area contributed by atoms with Crippen LogP contribution in [0.2, 0.25) is 5.02 Å². The molecule has 1 amide bonds. The molecule has 2 heterocycles. The Morgan fingerprint density at radius 1 is 1.06 bits per heavy atom. The zero-order valence-electron chi connectivity index (χ0n) is 19.5. The van der Waals surface area contributed by atoms with Gasteiger partial charge in [0.1, 0.15) is 10.8 Å². The van der Waals surface area contributed by atoms with Crippen molar-refractivity contribution in [1.82, 2.24) is 14.7 Å². The molecule has 0 radical (unpaired) electrons. The summed E-state index contributed by atoms with van der Waals surface area (Å²) in [6.07, 6.45) is 2.62. The van der Waals surface area contributed by atoms with Gasteiger partial charge >= 0.3 is 0 Å². The fraction of sp³-hybridized carbons (Fsp3) is 0.346. The van der Waals surface area contributed by atoms with Crippen LogP contribution in [0, 0.1) is 0 Å². The molecule has 34 heavy (non-hydrogen) atoms. The number of rotatable bonds is 7. The minimum absolute atomic E-state index is 0.00286. The molecule has 8 heteroatoms. The van der Waals surface area contributed by atoms with Gasteiger partial charge in [-0.3, -0.25) is 9.59 Å². The van der Waals surface area contributed by atoms with Crippen molar-refractivity contribution in [2.24, 2.45) is 0 Å². The molecule has 1 aromatic heterocycles. The molecular formula is C26H29ClN4O3. The lowest BCUT2D eigenvalue weighted by molar-refractivity contribution is -0.133. The summed E-state index contributed by atoms with van der Waals surface area (Å²) in [6, 6.07) is 17.1. The fourth-order valence-corrected chi connectivity index (χ4v) is 4.31. The molecule has 1 aliphatic heterocycles. The van der Waals surface area contributed by atoms with Crippen LogP contribution in [0.4, 0.5) is 5.69 Å². The van der Waals surface area contributed by atoms with E-state index in [1.54, 1.807) is 23.2 Å². The minimum Gasteiger partial charge on any atom is -0.483 e. The van der Waals surface area contributed by atoms with Crippen LogP contribution in [0.3, 0.4) is 0 Å². The molecule has 7 nitrogen and oxygen atoms in total. The van der Waals surface area contributed by atoms with Gasteiger partial charge in [-0.1, -0.05) is 61.8 Å². The molecule has 0 bridgehead atoms. The van der Waals surface area contributed by atoms with Crippen LogP contribution in [0.5, 0.6) is 5.75 Å². The van der Waals surface area contributed by atoms with Gasteiger partial charge in [-0.25, -0.2) is 0 Å². The second-order valence-electron chi connectivity index (χ2n) is 8.40. The van der Waals surface area contributed by atoms with Gasteiger partial charge in [0.15, 0.2) is 6.61 Å². The van der Waals surface area contributed by atoms with E-state index in [1.165, 1.54) is 4.68 Å². The number of aromatic nitrogens is 2. The maximum absolute atomic E-state index is 12.8. The summed E-state index contributed by atoms with van der Waals surface area (Å²) in [7, 11) is 0. The number of para-hydroxylation sites is 2. The largest absolute Gasteiger partial charge is 0.483 e. The molecular weight excluding hydrogens is 452 g/mol. The van der Waals surface area contributed by atoms with Crippen molar-refractivity contribution in [2.75, 3.05) is 37.7 Å². The SMILES string of the molecule is CCC(C)c1ccccc1OCC(=O)N1CCN(c2cnn(-c3ccccc3)c(=O)c2Cl)CC1. The van der Waals surface area contributed by atoms with Crippen molar-refractivity contribution in [1.29, 1.82) is 0 Å². The Morgan fingerprint density at radius 3 is 2.44 bits per heavy atom. The lowest BCUT2D eigenvalue weighted by Crippen LogP contribution is -2.50. The van der Waals surface area contributed by atoms with Crippen molar-refractivity contribution >= 4 is 23.2 Å². The first-order valence-electron chi connectivity index (χ1n) is 11.6. The predicted molar refractivity (Wildman–Crippen MR) is 134 cm³/mol. The van der Waals surface area contributed by atoms with Gasteiger partial charge in [-0.15, -0.1) is 0 Å². The summed E-state index contributed by atoms with van der Waals surface area (Å²) < 4.78 is 7.19. The molecule has 1 saturated heterocycles. The number of hydrogen-bond donors (Lipinski definition) is 0. The van der Waals surface area contributed by atoms with Gasteiger partial charge in [0.05, 0.1) is 17.6 Å². The number of piperazine rings is 1. The van der Waals surface area contributed by atoms with Crippen LogP contribution in [0.25, 0.3) is 5.69 Å². The molecule has 4 rings (SSSR count). The second-order valence-corrected chi connectivity index (χ2v) is 8.78. The summed E-state index contributed by atoms with van der Waals surface area (Å²) in [5.74, 6) is 1.08. The summed E-state index contributed by atoms with van der Waals surface area (Å²) in [4.78, 5) is 29.3. The fourth-order valence-electron chi connectivity index (χ4n) is 4.06. The van der Waals surface area contributed by atoms with Crippen molar-refractivity contribution in [3.8, 4) is 11.4 Å². The van der Waals surface area contributed by atoms with Gasteiger partial charge in [0.2, 0.25) is 0 Å². The Morgan fingerprint density at radius 2 is 1.74 bits per heavy atom. The van der Waals surface area contributed by atoms with Crippen molar-refractivity contribution < 1.29 is 9.53 Å². The number of ether oxygens (including phenoxy) is 1. The highest BCUT2D eigenvalue weighted by Gasteiger charge is 2.24. The molecule has 0 saturated carbocycles. The summed E-state index contributed by atoms with van der Waals surface area (Å²) in [5, 5.41) is 4.44. The normalized spacial score (nSPS) is 14.7. The average molecular weight is 481 g/mol. The maximum Gasteiger partial charge on any atom is 0.292 e. The molecule has 2 aromatic carbocycles. The number of carbonyl (C=O) groups excluding carboxylic acids is 1. The molecule has 0 N–H and O–H groups in total. The number of hydrogen-bond acceptors (Lipinski definition) is 5. The maximum atomic E-state index is 12.8. The summed E-state index contributed by atoms with van der Waals surface area (Å²) >= 11 is 6.43. The lowest BCUT2D eigenvalue weighted by atomic mass is 9.98. The minimum atomic E-state index is -0.364. The highest BCUT2D eigenvalue weighted by molar-refractivity contribution is 6.33. The van der Waals surface area contributed by atoms with E-state index in [4.69, 9.17) is 16.3 Å². The van der Waals surface area contributed by atoms with Crippen molar-refractivity contribution in [3.05, 3.63) is 81.7 Å². The highest BCUT2D eigenvalue weighted by Crippen LogP contribution is 2.28. The van der Waals surface area contributed by atoms with Crippen LogP contribution < -0.4 is 15.2 Å². The van der Waals surface area contributed by atoms with Crippen LogP contribution in [-0.4, -0.2) is 53.4 Å². The van der Waals surface area contributed by atoms with Gasteiger partial charge in [0, 0.05) is 26.2 Å². The summed E-state index contributed by atoms with van der Waals surface area (Å²) in [5.41, 5.74) is 2.00. The first-order chi connectivity index (χ1) is 16.5. The van der Waals surface area contributed by atoms with Crippen LogP contribution in [0.15, 0.2) is 65.6 Å². The van der Waals surface area contributed by atoms with Gasteiger partial charge in [-0.2, -0.15) is 9.78 Å². The van der Waals surface area contributed by atoms with Crippen LogP contribution in [-0.2, 0) is 4.79 Å². The smallest absolute Gasteiger partial charge is 0.292 e. The Kier molecular flexibility index (Phi) is 7.53. The number of halogens is 1.